The summed E-state index contributed by atoms with van der Waals surface area (Å²) < 4.78 is 17.7. The zero-order valence-corrected chi connectivity index (χ0v) is 13.5. The molecule has 1 aliphatic heterocycles. The molecule has 0 N–H and O–H groups in total. The van der Waals surface area contributed by atoms with E-state index in [1.165, 1.54) is 6.42 Å². The van der Waals surface area contributed by atoms with Crippen molar-refractivity contribution in [3.05, 3.63) is 0 Å². The highest BCUT2D eigenvalue weighted by molar-refractivity contribution is 4.73. The summed E-state index contributed by atoms with van der Waals surface area (Å²) in [5.74, 6) is 0. The molecule has 0 saturated carbocycles. The van der Waals surface area contributed by atoms with Crippen LogP contribution < -0.4 is 0 Å². The fourth-order valence-corrected chi connectivity index (χ4v) is 2.47. The van der Waals surface area contributed by atoms with Crippen LogP contribution in [0.25, 0.3) is 0 Å². The molecule has 1 atom stereocenters. The van der Waals surface area contributed by atoms with Gasteiger partial charge in [0.2, 0.25) is 0 Å². The Bertz CT molecular complexity index is 242. The second-order valence-electron chi connectivity index (χ2n) is 6.78. The second kappa shape index (κ2) is 7.61. The molecule has 0 aromatic rings. The Balaban J connectivity index is 2.25. The number of rotatable bonds is 8. The Kier molecular flexibility index (Phi) is 6.78. The van der Waals surface area contributed by atoms with Gasteiger partial charge in [-0.3, -0.25) is 0 Å². The van der Waals surface area contributed by atoms with Crippen LogP contribution in [0.4, 0.5) is 0 Å². The van der Waals surface area contributed by atoms with Gasteiger partial charge in [0.1, 0.15) is 0 Å². The predicted octanol–water partition coefficient (Wildman–Crippen LogP) is 4.29. The van der Waals surface area contributed by atoms with Crippen LogP contribution in [0.15, 0.2) is 0 Å². The molecule has 1 heterocycles. The van der Waals surface area contributed by atoms with Crippen LogP contribution in [0.2, 0.25) is 0 Å². The first kappa shape index (κ1) is 16.9. The molecule has 1 saturated heterocycles. The highest BCUT2D eigenvalue weighted by Crippen LogP contribution is 2.24. The van der Waals surface area contributed by atoms with E-state index in [1.54, 1.807) is 0 Å². The van der Waals surface area contributed by atoms with Crippen LogP contribution in [0, 0.1) is 0 Å². The molecule has 3 nitrogen and oxygen atoms in total. The van der Waals surface area contributed by atoms with Crippen LogP contribution in [0.5, 0.6) is 0 Å². The molecule has 1 fully saturated rings. The molecule has 1 aliphatic rings. The van der Waals surface area contributed by atoms with Gasteiger partial charge in [-0.15, -0.1) is 0 Å². The van der Waals surface area contributed by atoms with E-state index in [2.05, 4.69) is 34.6 Å². The predicted molar refractivity (Wildman–Crippen MR) is 78.3 cm³/mol. The summed E-state index contributed by atoms with van der Waals surface area (Å²) in [4.78, 5) is 0. The SMILES string of the molecule is CCCC(C)(C)OCCC(C)(C)OC1CCCCO1. The first-order valence-electron chi connectivity index (χ1n) is 7.78. The Hall–Kier alpha value is -0.120. The van der Waals surface area contributed by atoms with Gasteiger partial charge >= 0.3 is 0 Å². The van der Waals surface area contributed by atoms with E-state index in [1.807, 2.05) is 0 Å². The van der Waals surface area contributed by atoms with Crippen molar-refractivity contribution in [2.45, 2.75) is 90.6 Å². The summed E-state index contributed by atoms with van der Waals surface area (Å²) in [6.45, 7) is 12.3. The van der Waals surface area contributed by atoms with Gasteiger partial charge in [0.25, 0.3) is 0 Å². The minimum atomic E-state index is -0.176. The molecular weight excluding hydrogens is 240 g/mol. The van der Waals surface area contributed by atoms with E-state index in [0.29, 0.717) is 0 Å². The Morgan fingerprint density at radius 3 is 2.37 bits per heavy atom. The molecule has 1 unspecified atom stereocenters. The van der Waals surface area contributed by atoms with Crippen molar-refractivity contribution in [2.24, 2.45) is 0 Å². The maximum Gasteiger partial charge on any atom is 0.158 e. The topological polar surface area (TPSA) is 27.7 Å². The fourth-order valence-electron chi connectivity index (χ4n) is 2.47. The lowest BCUT2D eigenvalue weighted by Crippen LogP contribution is -2.36. The summed E-state index contributed by atoms with van der Waals surface area (Å²) in [6, 6.07) is 0. The second-order valence-corrected chi connectivity index (χ2v) is 6.78. The number of hydrogen-bond donors (Lipinski definition) is 0. The van der Waals surface area contributed by atoms with E-state index in [9.17, 15) is 0 Å². The molecule has 114 valence electrons. The normalized spacial score (nSPS) is 21.6. The molecule has 0 bridgehead atoms. The summed E-state index contributed by atoms with van der Waals surface area (Å²) in [5.41, 5.74) is -0.198. The van der Waals surface area contributed by atoms with Gasteiger partial charge in [-0.25, -0.2) is 0 Å². The van der Waals surface area contributed by atoms with E-state index < -0.39 is 0 Å². The smallest absolute Gasteiger partial charge is 0.158 e. The summed E-state index contributed by atoms with van der Waals surface area (Å²) in [5, 5.41) is 0. The lowest BCUT2D eigenvalue weighted by atomic mass is 10.0. The van der Waals surface area contributed by atoms with Crippen molar-refractivity contribution in [3.63, 3.8) is 0 Å². The van der Waals surface area contributed by atoms with Crippen LogP contribution in [-0.2, 0) is 14.2 Å². The monoisotopic (exact) mass is 272 g/mol. The van der Waals surface area contributed by atoms with Gasteiger partial charge in [-0.1, -0.05) is 13.3 Å². The fraction of sp³-hybridized carbons (Fsp3) is 1.00. The number of hydrogen-bond acceptors (Lipinski definition) is 3. The summed E-state index contributed by atoms with van der Waals surface area (Å²) in [6.07, 6.45) is 6.52. The maximum atomic E-state index is 6.05. The maximum absolute atomic E-state index is 6.05. The van der Waals surface area contributed by atoms with Gasteiger partial charge in [-0.2, -0.15) is 0 Å². The molecule has 0 aromatic heterocycles. The molecule has 0 aromatic carbocycles. The third-order valence-corrected chi connectivity index (χ3v) is 3.64. The van der Waals surface area contributed by atoms with E-state index in [4.69, 9.17) is 14.2 Å². The molecule has 19 heavy (non-hydrogen) atoms. The van der Waals surface area contributed by atoms with Gasteiger partial charge in [0.05, 0.1) is 17.8 Å². The summed E-state index contributed by atoms with van der Waals surface area (Å²) in [7, 11) is 0. The van der Waals surface area contributed by atoms with Crippen molar-refractivity contribution >= 4 is 0 Å². The van der Waals surface area contributed by atoms with E-state index in [0.717, 1.165) is 45.3 Å². The molecule has 0 aliphatic carbocycles. The van der Waals surface area contributed by atoms with E-state index >= 15 is 0 Å². The van der Waals surface area contributed by atoms with E-state index in [-0.39, 0.29) is 17.5 Å². The average molecular weight is 272 g/mol. The Morgan fingerprint density at radius 1 is 1.05 bits per heavy atom. The molecular formula is C16H32O3. The van der Waals surface area contributed by atoms with Crippen molar-refractivity contribution < 1.29 is 14.2 Å². The minimum absolute atomic E-state index is 0.0209. The standard InChI is InChI=1S/C16H32O3/c1-6-10-15(2,3)18-13-11-16(4,5)19-14-9-7-8-12-17-14/h14H,6-13H2,1-5H3. The van der Waals surface area contributed by atoms with Crippen molar-refractivity contribution in [2.75, 3.05) is 13.2 Å². The quantitative estimate of drug-likeness (QED) is 0.659. The van der Waals surface area contributed by atoms with Crippen LogP contribution in [-0.4, -0.2) is 30.7 Å². The lowest BCUT2D eigenvalue weighted by molar-refractivity contribution is -0.220. The van der Waals surface area contributed by atoms with Crippen molar-refractivity contribution in [1.82, 2.24) is 0 Å². The molecule has 0 spiro atoms. The van der Waals surface area contributed by atoms with Crippen molar-refractivity contribution in [3.8, 4) is 0 Å². The first-order chi connectivity index (χ1) is 8.85. The molecule has 0 radical (unpaired) electrons. The van der Waals surface area contributed by atoms with Gasteiger partial charge in [0.15, 0.2) is 6.29 Å². The van der Waals surface area contributed by atoms with Crippen LogP contribution in [0.1, 0.15) is 73.1 Å². The summed E-state index contributed by atoms with van der Waals surface area (Å²) >= 11 is 0. The van der Waals surface area contributed by atoms with Crippen LogP contribution >= 0.6 is 0 Å². The minimum Gasteiger partial charge on any atom is -0.375 e. The first-order valence-corrected chi connectivity index (χ1v) is 7.78. The average Bonchev–Trinajstić information content (AvgIpc) is 2.28. The van der Waals surface area contributed by atoms with Crippen molar-refractivity contribution in [1.29, 1.82) is 0 Å². The molecule has 3 heteroatoms. The molecule has 0 amide bonds. The van der Waals surface area contributed by atoms with Crippen LogP contribution in [0.3, 0.4) is 0 Å². The third-order valence-electron chi connectivity index (χ3n) is 3.64. The molecule has 1 rings (SSSR count). The highest BCUT2D eigenvalue weighted by atomic mass is 16.7. The third kappa shape index (κ3) is 7.28. The Labute approximate surface area is 119 Å². The number of ether oxygens (including phenoxy) is 3. The van der Waals surface area contributed by atoms with Gasteiger partial charge in [-0.05, 0) is 59.8 Å². The zero-order valence-electron chi connectivity index (χ0n) is 13.5. The van der Waals surface area contributed by atoms with Gasteiger partial charge in [0, 0.05) is 6.61 Å². The largest absolute Gasteiger partial charge is 0.375 e. The van der Waals surface area contributed by atoms with Gasteiger partial charge < -0.3 is 14.2 Å². The highest BCUT2D eigenvalue weighted by Gasteiger charge is 2.26. The lowest BCUT2D eigenvalue weighted by Gasteiger charge is -2.34. The Morgan fingerprint density at radius 2 is 1.79 bits per heavy atom. The zero-order chi connectivity index (χ0) is 14.4.